The number of aryl methyl sites for hydroxylation is 3. The van der Waals surface area contributed by atoms with Crippen LogP contribution in [0.3, 0.4) is 0 Å². The van der Waals surface area contributed by atoms with Gasteiger partial charge in [-0.05, 0) is 85.4 Å². The van der Waals surface area contributed by atoms with Gasteiger partial charge in [0.2, 0.25) is 0 Å². The molecule has 0 spiro atoms. The molecule has 2 aromatic heterocycles. The fourth-order valence-electron chi connectivity index (χ4n) is 5.44. The molecular weight excluding hydrogens is 611 g/mol. The number of carbonyl (C=O) groups excluding carboxylic acids is 2. The van der Waals surface area contributed by atoms with Crippen molar-refractivity contribution in [3.05, 3.63) is 74.9 Å². The highest BCUT2D eigenvalue weighted by atomic mass is 32.1. The van der Waals surface area contributed by atoms with Crippen molar-refractivity contribution in [3.8, 4) is 5.75 Å². The molecule has 2 aliphatic rings. The minimum Gasteiger partial charge on any atom is -0.496 e. The number of nitrogens with one attached hydrogen (secondary N) is 1. The van der Waals surface area contributed by atoms with Gasteiger partial charge in [0.05, 0.1) is 37.4 Å². The molecule has 0 bridgehead atoms. The zero-order valence-corrected chi connectivity index (χ0v) is 25.6. The van der Waals surface area contributed by atoms with Gasteiger partial charge in [-0.2, -0.15) is 13.2 Å². The van der Waals surface area contributed by atoms with Crippen LogP contribution in [0.25, 0.3) is 5.57 Å². The van der Waals surface area contributed by atoms with Crippen molar-refractivity contribution < 1.29 is 42.0 Å². The maximum Gasteiger partial charge on any atom is 0.495 e. The molecule has 3 aromatic rings. The third-order valence-electron chi connectivity index (χ3n) is 7.69. The molecule has 0 radical (unpaired) electrons. The number of alkyl halides is 3. The number of hydrogen-bond donors (Lipinski definition) is 1. The Balaban J connectivity index is 1.29. The van der Waals surface area contributed by atoms with E-state index >= 15 is 0 Å². The van der Waals surface area contributed by atoms with Crippen LogP contribution in [0.1, 0.15) is 64.7 Å². The quantitative estimate of drug-likeness (QED) is 0.194. The maximum absolute atomic E-state index is 12.6. The second-order valence-electron chi connectivity index (χ2n) is 10.9. The maximum atomic E-state index is 12.6. The molecule has 13 heteroatoms. The Labute approximate surface area is 262 Å². The number of ether oxygens (including phenoxy) is 2. The minimum absolute atomic E-state index is 0.277. The van der Waals surface area contributed by atoms with Crippen LogP contribution < -0.4 is 10.1 Å². The minimum atomic E-state index is -5.29. The molecule has 4 heterocycles. The number of pyridine rings is 1. The van der Waals surface area contributed by atoms with Gasteiger partial charge in [-0.25, -0.2) is 29.3 Å². The summed E-state index contributed by atoms with van der Waals surface area (Å²) in [6.07, 6.45) is 1.85. The van der Waals surface area contributed by atoms with E-state index < -0.39 is 24.0 Å². The van der Waals surface area contributed by atoms with Crippen LogP contribution in [-0.2, 0) is 49.8 Å². The summed E-state index contributed by atoms with van der Waals surface area (Å²) in [5.74, 6) is -2.86. The average molecular weight is 646 g/mol. The molecule has 0 amide bonds. The van der Waals surface area contributed by atoms with E-state index in [1.54, 1.807) is 6.07 Å². The first-order chi connectivity index (χ1) is 21.7. The van der Waals surface area contributed by atoms with Crippen molar-refractivity contribution in [2.75, 3.05) is 32.2 Å². The average Bonchev–Trinajstić information content (AvgIpc) is 3.49. The number of methoxy groups -OCH3 is 1. The first-order valence-electron chi connectivity index (χ1n) is 14.8. The standard InChI is InChI=1S/C32H34F3N3O6S/c1-41-27-10-8-22(20-11-14-42-15-12-20)17-26(27)23(18-29(39)43-44-31(40)32(33,34)35)16-25-19-45-28(37-25)6-2-5-24-9-7-21-4-3-13-36-30(21)38-24/h7-11,17,19,23H,2-6,12-16,18H2,1H3,(H,36,38)/t23-/m0/s1. The van der Waals surface area contributed by atoms with Crippen molar-refractivity contribution in [2.24, 2.45) is 0 Å². The molecule has 0 unspecified atom stereocenters. The first-order valence-corrected chi connectivity index (χ1v) is 15.7. The third kappa shape index (κ3) is 8.82. The predicted octanol–water partition coefficient (Wildman–Crippen LogP) is 6.16. The molecule has 5 rings (SSSR count). The lowest BCUT2D eigenvalue weighted by Gasteiger charge is -2.21. The molecule has 2 aliphatic heterocycles. The zero-order chi connectivity index (χ0) is 31.8. The summed E-state index contributed by atoms with van der Waals surface area (Å²) in [6.45, 7) is 2.00. The second kappa shape index (κ2) is 14.9. The number of hydrogen-bond acceptors (Lipinski definition) is 10. The van der Waals surface area contributed by atoms with E-state index in [4.69, 9.17) is 19.4 Å². The van der Waals surface area contributed by atoms with Gasteiger partial charge >= 0.3 is 18.1 Å². The van der Waals surface area contributed by atoms with Crippen molar-refractivity contribution >= 4 is 34.7 Å². The first kappa shape index (κ1) is 32.4. The van der Waals surface area contributed by atoms with Crippen LogP contribution >= 0.6 is 11.3 Å². The number of thiazole rings is 1. The van der Waals surface area contributed by atoms with Crippen LogP contribution in [-0.4, -0.2) is 55.0 Å². The number of benzene rings is 1. The molecule has 0 aliphatic carbocycles. The molecule has 0 saturated heterocycles. The molecule has 45 heavy (non-hydrogen) atoms. The van der Waals surface area contributed by atoms with E-state index in [-0.39, 0.29) is 12.8 Å². The Kier molecular flexibility index (Phi) is 10.7. The fourth-order valence-corrected chi connectivity index (χ4v) is 6.29. The van der Waals surface area contributed by atoms with Gasteiger partial charge in [-0.1, -0.05) is 18.2 Å². The number of fused-ring (bicyclic) bond motifs is 1. The molecule has 0 saturated carbocycles. The van der Waals surface area contributed by atoms with Gasteiger partial charge in [0.15, 0.2) is 0 Å². The summed E-state index contributed by atoms with van der Waals surface area (Å²) in [5, 5.41) is 6.20. The normalized spacial score (nSPS) is 15.3. The summed E-state index contributed by atoms with van der Waals surface area (Å²) in [4.78, 5) is 41.3. The Hall–Kier alpha value is -3.97. The van der Waals surface area contributed by atoms with Gasteiger partial charge in [0.25, 0.3) is 0 Å². The van der Waals surface area contributed by atoms with Gasteiger partial charge in [-0.15, -0.1) is 11.3 Å². The van der Waals surface area contributed by atoms with E-state index in [2.05, 4.69) is 27.2 Å². The van der Waals surface area contributed by atoms with E-state index in [1.165, 1.54) is 24.0 Å². The van der Waals surface area contributed by atoms with Crippen LogP contribution in [0.15, 0.2) is 41.8 Å². The van der Waals surface area contributed by atoms with Crippen LogP contribution in [0.2, 0.25) is 0 Å². The SMILES string of the molecule is COc1ccc(C2=CCOCC2)cc1[C@H](CC(=O)OOC(=O)C(F)(F)F)Cc1csc(CCCc2ccc3c(n2)NCCC3)n1. The highest BCUT2D eigenvalue weighted by molar-refractivity contribution is 7.09. The van der Waals surface area contributed by atoms with Gasteiger partial charge in [0.1, 0.15) is 11.6 Å². The van der Waals surface area contributed by atoms with Crippen molar-refractivity contribution in [1.82, 2.24) is 9.97 Å². The smallest absolute Gasteiger partial charge is 0.495 e. The monoisotopic (exact) mass is 645 g/mol. The Morgan fingerprint density at radius 1 is 1.09 bits per heavy atom. The molecule has 9 nitrogen and oxygen atoms in total. The topological polar surface area (TPSA) is 109 Å². The lowest BCUT2D eigenvalue weighted by Crippen LogP contribution is -2.27. The van der Waals surface area contributed by atoms with Crippen LogP contribution in [0.5, 0.6) is 5.75 Å². The van der Waals surface area contributed by atoms with E-state index in [0.717, 1.165) is 66.3 Å². The van der Waals surface area contributed by atoms with Gasteiger partial charge < -0.3 is 14.8 Å². The molecule has 240 valence electrons. The molecule has 1 atom stereocenters. The van der Waals surface area contributed by atoms with E-state index in [1.807, 2.05) is 23.6 Å². The number of aromatic nitrogens is 2. The number of halogens is 3. The second-order valence-corrected chi connectivity index (χ2v) is 11.8. The van der Waals surface area contributed by atoms with Crippen molar-refractivity contribution in [2.45, 2.75) is 63.5 Å². The lowest BCUT2D eigenvalue weighted by atomic mass is 9.88. The van der Waals surface area contributed by atoms with Crippen molar-refractivity contribution in [3.63, 3.8) is 0 Å². The fraction of sp³-hybridized carbons (Fsp3) is 0.438. The number of carbonyl (C=O) groups is 2. The Bertz CT molecular complexity index is 1540. The molecular formula is C32H34F3N3O6S. The highest BCUT2D eigenvalue weighted by Crippen LogP contribution is 2.36. The summed E-state index contributed by atoms with van der Waals surface area (Å²) < 4.78 is 48.8. The number of nitrogens with zero attached hydrogens (tertiary/aromatic N) is 2. The van der Waals surface area contributed by atoms with E-state index in [9.17, 15) is 22.8 Å². The summed E-state index contributed by atoms with van der Waals surface area (Å²) in [7, 11) is 1.50. The van der Waals surface area contributed by atoms with Crippen molar-refractivity contribution in [1.29, 1.82) is 0 Å². The Morgan fingerprint density at radius 2 is 1.96 bits per heavy atom. The van der Waals surface area contributed by atoms with Gasteiger partial charge in [0, 0.05) is 23.5 Å². The van der Waals surface area contributed by atoms with E-state index in [0.29, 0.717) is 36.6 Å². The molecule has 1 aromatic carbocycles. The highest BCUT2D eigenvalue weighted by Gasteiger charge is 2.43. The molecule has 0 fully saturated rings. The number of anilines is 1. The van der Waals surface area contributed by atoms with Gasteiger partial charge in [-0.3, -0.25) is 0 Å². The molecule has 1 N–H and O–H groups in total. The number of rotatable bonds is 11. The van der Waals surface area contributed by atoms with Crippen LogP contribution in [0.4, 0.5) is 19.0 Å². The third-order valence-corrected chi connectivity index (χ3v) is 8.65. The lowest BCUT2D eigenvalue weighted by molar-refractivity contribution is -0.286. The summed E-state index contributed by atoms with van der Waals surface area (Å²) in [6, 6.07) is 9.83. The summed E-state index contributed by atoms with van der Waals surface area (Å²) in [5.41, 5.74) is 5.64. The largest absolute Gasteiger partial charge is 0.496 e. The summed E-state index contributed by atoms with van der Waals surface area (Å²) >= 11 is 1.51. The van der Waals surface area contributed by atoms with Crippen LogP contribution in [0, 0.1) is 0 Å². The Morgan fingerprint density at radius 3 is 2.73 bits per heavy atom. The predicted molar refractivity (Wildman–Crippen MR) is 161 cm³/mol. The zero-order valence-electron chi connectivity index (χ0n) is 24.8.